The van der Waals surface area contributed by atoms with Gasteiger partial charge in [-0.1, -0.05) is 11.6 Å². The van der Waals surface area contributed by atoms with E-state index in [9.17, 15) is 12.8 Å². The topological polar surface area (TPSA) is 136 Å². The number of ether oxygens (including phenoxy) is 1. The van der Waals surface area contributed by atoms with Crippen molar-refractivity contribution >= 4 is 44.2 Å². The number of nitrogens with one attached hydrogen (secondary N) is 2. The minimum atomic E-state index is -4.17. The van der Waals surface area contributed by atoms with Gasteiger partial charge in [-0.25, -0.2) is 22.8 Å². The van der Waals surface area contributed by atoms with Crippen LogP contribution in [0.4, 0.5) is 15.9 Å². The van der Waals surface area contributed by atoms with Gasteiger partial charge in [-0.3, -0.25) is 9.82 Å². The maximum Gasteiger partial charge on any atom is 0.264 e. The van der Waals surface area contributed by atoms with Crippen LogP contribution in [0.1, 0.15) is 5.69 Å². The number of aromatic nitrogens is 4. The van der Waals surface area contributed by atoms with E-state index in [2.05, 4.69) is 24.9 Å². The minimum absolute atomic E-state index is 0.109. The maximum absolute atomic E-state index is 14.0. The number of methoxy groups -OCH3 is 1. The van der Waals surface area contributed by atoms with Gasteiger partial charge in [-0.15, -0.1) is 0 Å². The van der Waals surface area contributed by atoms with Gasteiger partial charge in [0, 0.05) is 29.8 Å². The largest absolute Gasteiger partial charge is 0.384 e. The number of anilines is 2. The van der Waals surface area contributed by atoms with Crippen LogP contribution in [0.15, 0.2) is 47.4 Å². The van der Waals surface area contributed by atoms with Crippen LogP contribution in [-0.4, -0.2) is 42.3 Å². The van der Waals surface area contributed by atoms with Crippen molar-refractivity contribution in [1.29, 1.82) is 0 Å². The monoisotopic (exact) mass is 476 g/mol. The van der Waals surface area contributed by atoms with Crippen LogP contribution in [0.5, 0.6) is 0 Å². The van der Waals surface area contributed by atoms with Gasteiger partial charge in [0.1, 0.15) is 16.5 Å². The lowest BCUT2D eigenvalue weighted by Crippen LogP contribution is -2.14. The van der Waals surface area contributed by atoms with Gasteiger partial charge < -0.3 is 10.5 Å². The summed E-state index contributed by atoms with van der Waals surface area (Å²) in [6.45, 7) is 0.441. The summed E-state index contributed by atoms with van der Waals surface area (Å²) in [4.78, 5) is 8.47. The molecule has 166 valence electrons. The number of H-pyrrole nitrogens is 1. The predicted molar refractivity (Wildman–Crippen MR) is 119 cm³/mol. The van der Waals surface area contributed by atoms with Gasteiger partial charge >= 0.3 is 0 Å². The maximum atomic E-state index is 14.0. The average molecular weight is 477 g/mol. The molecule has 12 heteroatoms. The summed E-state index contributed by atoms with van der Waals surface area (Å²) in [6, 6.07) is 9.65. The molecule has 0 saturated heterocycles. The van der Waals surface area contributed by atoms with E-state index in [1.165, 1.54) is 18.2 Å². The summed E-state index contributed by atoms with van der Waals surface area (Å²) in [7, 11) is -2.58. The first-order chi connectivity index (χ1) is 15.3. The van der Waals surface area contributed by atoms with Gasteiger partial charge in [0.25, 0.3) is 10.0 Å². The van der Waals surface area contributed by atoms with Gasteiger partial charge in [-0.2, -0.15) is 5.10 Å². The molecule has 0 aliphatic rings. The summed E-state index contributed by atoms with van der Waals surface area (Å²) >= 11 is 5.81. The predicted octanol–water partition coefficient (Wildman–Crippen LogP) is 3.38. The third kappa shape index (κ3) is 4.35. The highest BCUT2D eigenvalue weighted by atomic mass is 35.5. The Morgan fingerprint density at radius 3 is 2.66 bits per heavy atom. The highest BCUT2D eigenvalue weighted by molar-refractivity contribution is 7.92. The number of fused-ring (bicyclic) bond motifs is 1. The lowest BCUT2D eigenvalue weighted by Gasteiger charge is -2.10. The van der Waals surface area contributed by atoms with Crippen molar-refractivity contribution in [2.45, 2.75) is 11.3 Å². The van der Waals surface area contributed by atoms with Crippen molar-refractivity contribution in [2.75, 3.05) is 24.2 Å². The number of nitrogens with two attached hydrogens (primary N) is 1. The number of nitrogen functional groups attached to an aromatic ring is 1. The smallest absolute Gasteiger partial charge is 0.264 e. The number of sulfonamides is 1. The molecule has 0 atom stereocenters. The molecule has 32 heavy (non-hydrogen) atoms. The first kappa shape index (κ1) is 21.9. The van der Waals surface area contributed by atoms with Crippen LogP contribution in [0.2, 0.25) is 5.02 Å². The highest BCUT2D eigenvalue weighted by Gasteiger charge is 2.20. The molecule has 0 radical (unpaired) electrons. The van der Waals surface area contributed by atoms with E-state index >= 15 is 0 Å². The molecule has 0 fully saturated rings. The number of hydrogen-bond acceptors (Lipinski definition) is 7. The fraction of sp³-hybridized carbons (Fsp3) is 0.150. The second kappa shape index (κ2) is 8.69. The molecule has 4 N–H and O–H groups in total. The lowest BCUT2D eigenvalue weighted by atomic mass is 10.1. The Balaban J connectivity index is 1.64. The Kier molecular flexibility index (Phi) is 5.96. The van der Waals surface area contributed by atoms with Crippen LogP contribution in [0.3, 0.4) is 0 Å². The average Bonchev–Trinajstić information content (AvgIpc) is 3.15. The van der Waals surface area contributed by atoms with E-state index < -0.39 is 20.7 Å². The Labute approximate surface area is 187 Å². The SMILES string of the molecule is COCCc1nc(-c2ccc(NS(=O)(=O)c3cc(Cl)ccc3F)cc2)nc2n[nH]c(N)c12. The Bertz CT molecular complexity index is 1390. The van der Waals surface area contributed by atoms with Crippen LogP contribution in [-0.2, 0) is 21.2 Å². The minimum Gasteiger partial charge on any atom is -0.384 e. The zero-order valence-corrected chi connectivity index (χ0v) is 18.3. The zero-order valence-electron chi connectivity index (χ0n) is 16.8. The van der Waals surface area contributed by atoms with E-state index in [0.29, 0.717) is 47.0 Å². The second-order valence-electron chi connectivity index (χ2n) is 6.83. The summed E-state index contributed by atoms with van der Waals surface area (Å²) in [6.07, 6.45) is 0.509. The fourth-order valence-electron chi connectivity index (χ4n) is 3.11. The van der Waals surface area contributed by atoms with Crippen LogP contribution >= 0.6 is 11.6 Å². The summed E-state index contributed by atoms with van der Waals surface area (Å²) in [5.41, 5.74) is 7.90. The van der Waals surface area contributed by atoms with E-state index in [1.54, 1.807) is 19.2 Å². The molecule has 0 aliphatic carbocycles. The van der Waals surface area contributed by atoms with Crippen LogP contribution in [0.25, 0.3) is 22.4 Å². The van der Waals surface area contributed by atoms with Gasteiger partial charge in [0.15, 0.2) is 11.5 Å². The molecule has 0 spiro atoms. The normalized spacial score (nSPS) is 11.7. The van der Waals surface area contributed by atoms with Crippen molar-refractivity contribution in [3.8, 4) is 11.4 Å². The molecule has 2 heterocycles. The van der Waals surface area contributed by atoms with Crippen molar-refractivity contribution in [1.82, 2.24) is 20.2 Å². The van der Waals surface area contributed by atoms with Gasteiger partial charge in [0.05, 0.1) is 17.7 Å². The van der Waals surface area contributed by atoms with E-state index in [0.717, 1.165) is 12.1 Å². The molecule has 9 nitrogen and oxygen atoms in total. The number of rotatable bonds is 7. The second-order valence-corrected chi connectivity index (χ2v) is 8.92. The van der Waals surface area contributed by atoms with Crippen LogP contribution < -0.4 is 10.5 Å². The summed E-state index contributed by atoms with van der Waals surface area (Å²) in [5, 5.41) is 7.55. The molecule has 0 unspecified atom stereocenters. The Morgan fingerprint density at radius 1 is 1.19 bits per heavy atom. The van der Waals surface area contributed by atoms with E-state index in [4.69, 9.17) is 22.1 Å². The Morgan fingerprint density at radius 2 is 1.94 bits per heavy atom. The molecular formula is C20H18ClFN6O3S. The molecule has 2 aromatic carbocycles. The molecule has 2 aromatic heterocycles. The molecule has 4 rings (SSSR count). The van der Waals surface area contributed by atoms with Crippen molar-refractivity contribution in [3.63, 3.8) is 0 Å². The van der Waals surface area contributed by atoms with E-state index in [-0.39, 0.29) is 10.7 Å². The molecule has 0 amide bonds. The molecule has 0 saturated carbocycles. The molecular weight excluding hydrogens is 459 g/mol. The van der Waals surface area contributed by atoms with E-state index in [1.807, 2.05) is 0 Å². The third-order valence-corrected chi connectivity index (χ3v) is 6.27. The zero-order chi connectivity index (χ0) is 22.9. The van der Waals surface area contributed by atoms with Gasteiger partial charge in [0.2, 0.25) is 0 Å². The van der Waals surface area contributed by atoms with Crippen LogP contribution in [0, 0.1) is 5.82 Å². The number of hydrogen-bond donors (Lipinski definition) is 3. The molecule has 4 aromatic rings. The highest BCUT2D eigenvalue weighted by Crippen LogP contribution is 2.27. The number of aromatic amines is 1. The standard InChI is InChI=1S/C20H18ClFN6O3S/c1-31-9-8-15-17-18(23)26-27-20(17)25-19(24-15)11-2-5-13(6-3-11)28-32(29,30)16-10-12(21)4-7-14(16)22/h2-7,10,28H,8-9H2,1H3,(H3,23,24,25,26,27). The van der Waals surface area contributed by atoms with Gasteiger partial charge in [-0.05, 0) is 42.5 Å². The lowest BCUT2D eigenvalue weighted by molar-refractivity contribution is 0.202. The van der Waals surface area contributed by atoms with Crippen molar-refractivity contribution in [3.05, 3.63) is 59.0 Å². The summed E-state index contributed by atoms with van der Waals surface area (Å²) in [5.74, 6) is -0.136. The quantitative estimate of drug-likeness (QED) is 0.372. The first-order valence-corrected chi connectivity index (χ1v) is 11.2. The number of nitrogens with zero attached hydrogens (tertiary/aromatic N) is 3. The number of halogens is 2. The Hall–Kier alpha value is -3.28. The van der Waals surface area contributed by atoms with Crippen molar-refractivity contribution < 1.29 is 17.5 Å². The third-order valence-electron chi connectivity index (χ3n) is 4.64. The molecule has 0 bridgehead atoms. The van der Waals surface area contributed by atoms with Crippen molar-refractivity contribution in [2.24, 2.45) is 0 Å². The number of benzene rings is 2. The first-order valence-electron chi connectivity index (χ1n) is 9.36. The summed E-state index contributed by atoms with van der Waals surface area (Å²) < 4.78 is 46.6. The molecule has 0 aliphatic heterocycles. The fourth-order valence-corrected chi connectivity index (χ4v) is 4.51.